The largest absolute Gasteiger partial charge is 0.494 e. The van der Waals surface area contributed by atoms with Gasteiger partial charge in [-0.05, 0) is 26.0 Å². The minimum absolute atomic E-state index is 0.0660. The predicted octanol–water partition coefficient (Wildman–Crippen LogP) is 1.13. The van der Waals surface area contributed by atoms with Crippen LogP contribution in [-0.4, -0.2) is 37.6 Å². The first-order valence-corrected chi connectivity index (χ1v) is 8.09. The van der Waals surface area contributed by atoms with E-state index < -0.39 is 6.04 Å². The first kappa shape index (κ1) is 17.3. The summed E-state index contributed by atoms with van der Waals surface area (Å²) in [5.74, 6) is 0.462. The molecule has 1 fully saturated rings. The number of para-hydroxylation sites is 1. The molecule has 0 saturated carbocycles. The van der Waals surface area contributed by atoms with Crippen molar-refractivity contribution in [1.29, 1.82) is 0 Å². The van der Waals surface area contributed by atoms with Gasteiger partial charge in [-0.1, -0.05) is 18.2 Å². The Morgan fingerprint density at radius 3 is 2.83 bits per heavy atom. The predicted molar refractivity (Wildman–Crippen MR) is 88.2 cm³/mol. The number of hydrogen-bond acceptors (Lipinski definition) is 4. The van der Waals surface area contributed by atoms with Crippen molar-refractivity contribution in [2.45, 2.75) is 38.8 Å². The normalized spacial score (nSPS) is 18.3. The summed E-state index contributed by atoms with van der Waals surface area (Å²) in [4.78, 5) is 23.8. The SMILES string of the molecule is CCOc1ccccc1C(CC(=O)NC1CCNC1)NC(C)=O. The summed E-state index contributed by atoms with van der Waals surface area (Å²) in [7, 11) is 0. The molecule has 0 aliphatic carbocycles. The van der Waals surface area contributed by atoms with Crippen molar-refractivity contribution in [3.63, 3.8) is 0 Å². The Balaban J connectivity index is 2.09. The van der Waals surface area contributed by atoms with Gasteiger partial charge in [-0.25, -0.2) is 0 Å². The zero-order chi connectivity index (χ0) is 16.7. The average molecular weight is 319 g/mol. The molecule has 2 rings (SSSR count). The summed E-state index contributed by atoms with van der Waals surface area (Å²) in [5.41, 5.74) is 0.823. The van der Waals surface area contributed by atoms with Crippen LogP contribution >= 0.6 is 0 Å². The highest BCUT2D eigenvalue weighted by molar-refractivity contribution is 5.79. The molecule has 0 radical (unpaired) electrons. The number of hydrogen-bond donors (Lipinski definition) is 3. The Morgan fingerprint density at radius 1 is 1.39 bits per heavy atom. The van der Waals surface area contributed by atoms with E-state index in [1.54, 1.807) is 0 Å². The standard InChI is InChI=1S/C17H25N3O3/c1-3-23-16-7-5-4-6-14(16)15(19-12(2)21)10-17(22)20-13-8-9-18-11-13/h4-7,13,15,18H,3,8-11H2,1-2H3,(H,19,21)(H,20,22). The van der Waals surface area contributed by atoms with E-state index in [1.165, 1.54) is 6.92 Å². The summed E-state index contributed by atoms with van der Waals surface area (Å²) < 4.78 is 5.62. The van der Waals surface area contributed by atoms with Gasteiger partial charge in [0, 0.05) is 25.1 Å². The minimum atomic E-state index is -0.399. The molecule has 1 aliphatic heterocycles. The van der Waals surface area contributed by atoms with Crippen LogP contribution in [0.1, 0.15) is 38.3 Å². The molecule has 0 aromatic heterocycles. The fourth-order valence-corrected chi connectivity index (χ4v) is 2.79. The lowest BCUT2D eigenvalue weighted by Crippen LogP contribution is -2.39. The van der Waals surface area contributed by atoms with Gasteiger partial charge < -0.3 is 20.7 Å². The van der Waals surface area contributed by atoms with Crippen molar-refractivity contribution in [3.8, 4) is 5.75 Å². The second-order valence-corrected chi connectivity index (χ2v) is 5.69. The Labute approximate surface area is 137 Å². The van der Waals surface area contributed by atoms with Gasteiger partial charge in [-0.15, -0.1) is 0 Å². The van der Waals surface area contributed by atoms with E-state index in [2.05, 4.69) is 16.0 Å². The van der Waals surface area contributed by atoms with Gasteiger partial charge in [0.2, 0.25) is 11.8 Å². The molecule has 126 valence electrons. The molecule has 1 saturated heterocycles. The quantitative estimate of drug-likeness (QED) is 0.704. The van der Waals surface area contributed by atoms with Crippen LogP contribution in [0.5, 0.6) is 5.75 Å². The molecular weight excluding hydrogens is 294 g/mol. The molecule has 1 aromatic carbocycles. The van der Waals surface area contributed by atoms with Gasteiger partial charge in [0.25, 0.3) is 0 Å². The number of carbonyl (C=O) groups excluding carboxylic acids is 2. The Hall–Kier alpha value is -2.08. The van der Waals surface area contributed by atoms with Crippen LogP contribution in [0, 0.1) is 0 Å². The van der Waals surface area contributed by atoms with Gasteiger partial charge in [0.05, 0.1) is 19.1 Å². The number of nitrogens with one attached hydrogen (secondary N) is 3. The van der Waals surface area contributed by atoms with Gasteiger partial charge in [-0.2, -0.15) is 0 Å². The molecule has 6 nitrogen and oxygen atoms in total. The lowest BCUT2D eigenvalue weighted by atomic mass is 10.0. The van der Waals surface area contributed by atoms with Crippen LogP contribution in [0.4, 0.5) is 0 Å². The van der Waals surface area contributed by atoms with Crippen molar-refractivity contribution >= 4 is 11.8 Å². The third-order valence-electron chi connectivity index (χ3n) is 3.79. The number of benzene rings is 1. The Morgan fingerprint density at radius 2 is 2.17 bits per heavy atom. The van der Waals surface area contributed by atoms with Crippen LogP contribution < -0.4 is 20.7 Å². The summed E-state index contributed by atoms with van der Waals surface area (Å²) in [6.07, 6.45) is 1.13. The first-order valence-electron chi connectivity index (χ1n) is 8.09. The molecule has 2 unspecified atom stereocenters. The van der Waals surface area contributed by atoms with Crippen molar-refractivity contribution < 1.29 is 14.3 Å². The first-order chi connectivity index (χ1) is 11.1. The smallest absolute Gasteiger partial charge is 0.222 e. The lowest BCUT2D eigenvalue weighted by molar-refractivity contribution is -0.123. The van der Waals surface area contributed by atoms with Crippen LogP contribution in [0.15, 0.2) is 24.3 Å². The summed E-state index contributed by atoms with van der Waals surface area (Å²) in [6, 6.07) is 7.27. The van der Waals surface area contributed by atoms with E-state index in [0.29, 0.717) is 12.4 Å². The van der Waals surface area contributed by atoms with Crippen molar-refractivity contribution in [2.75, 3.05) is 19.7 Å². The number of rotatable bonds is 7. The number of carbonyl (C=O) groups is 2. The Kier molecular flexibility index (Phi) is 6.40. The van der Waals surface area contributed by atoms with Gasteiger partial charge in [-0.3, -0.25) is 9.59 Å². The topological polar surface area (TPSA) is 79.5 Å². The van der Waals surface area contributed by atoms with Crippen LogP contribution in [-0.2, 0) is 9.59 Å². The maximum Gasteiger partial charge on any atom is 0.222 e. The second kappa shape index (κ2) is 8.53. The summed E-state index contributed by atoms with van der Waals surface area (Å²) >= 11 is 0. The van der Waals surface area contributed by atoms with Gasteiger partial charge in [0.15, 0.2) is 0 Å². The van der Waals surface area contributed by atoms with E-state index in [-0.39, 0.29) is 24.3 Å². The molecule has 0 spiro atoms. The lowest BCUT2D eigenvalue weighted by Gasteiger charge is -2.22. The second-order valence-electron chi connectivity index (χ2n) is 5.69. The van der Waals surface area contributed by atoms with Crippen molar-refractivity contribution in [3.05, 3.63) is 29.8 Å². The molecule has 6 heteroatoms. The summed E-state index contributed by atoms with van der Waals surface area (Å²) in [6.45, 7) is 5.61. The van der Waals surface area contributed by atoms with Crippen LogP contribution in [0.3, 0.4) is 0 Å². The highest BCUT2D eigenvalue weighted by atomic mass is 16.5. The van der Waals surface area contributed by atoms with E-state index in [4.69, 9.17) is 4.74 Å². The molecular formula is C17H25N3O3. The molecule has 2 amide bonds. The molecule has 1 aromatic rings. The molecule has 2 atom stereocenters. The minimum Gasteiger partial charge on any atom is -0.494 e. The monoisotopic (exact) mass is 319 g/mol. The molecule has 3 N–H and O–H groups in total. The van der Waals surface area contributed by atoms with E-state index in [0.717, 1.165) is 25.1 Å². The fourth-order valence-electron chi connectivity index (χ4n) is 2.79. The van der Waals surface area contributed by atoms with E-state index in [9.17, 15) is 9.59 Å². The van der Waals surface area contributed by atoms with Gasteiger partial charge in [0.1, 0.15) is 5.75 Å². The van der Waals surface area contributed by atoms with Crippen molar-refractivity contribution in [2.24, 2.45) is 0 Å². The zero-order valence-corrected chi connectivity index (χ0v) is 13.7. The highest BCUT2D eigenvalue weighted by Crippen LogP contribution is 2.27. The molecule has 1 heterocycles. The van der Waals surface area contributed by atoms with Crippen LogP contribution in [0.25, 0.3) is 0 Å². The van der Waals surface area contributed by atoms with Crippen molar-refractivity contribution in [1.82, 2.24) is 16.0 Å². The molecule has 0 bridgehead atoms. The summed E-state index contributed by atoms with van der Waals surface area (Å²) in [5, 5.41) is 9.08. The average Bonchev–Trinajstić information content (AvgIpc) is 3.00. The number of ether oxygens (including phenoxy) is 1. The van der Waals surface area contributed by atoms with E-state index in [1.807, 2.05) is 31.2 Å². The molecule has 1 aliphatic rings. The maximum atomic E-state index is 12.3. The zero-order valence-electron chi connectivity index (χ0n) is 13.7. The van der Waals surface area contributed by atoms with Crippen LogP contribution in [0.2, 0.25) is 0 Å². The number of amides is 2. The Bertz CT molecular complexity index is 542. The van der Waals surface area contributed by atoms with E-state index >= 15 is 0 Å². The third-order valence-corrected chi connectivity index (χ3v) is 3.79. The molecule has 23 heavy (non-hydrogen) atoms. The fraction of sp³-hybridized carbons (Fsp3) is 0.529. The maximum absolute atomic E-state index is 12.3. The van der Waals surface area contributed by atoms with Gasteiger partial charge >= 0.3 is 0 Å². The third kappa shape index (κ3) is 5.25. The highest BCUT2D eigenvalue weighted by Gasteiger charge is 2.23.